The van der Waals surface area contributed by atoms with E-state index in [1.807, 2.05) is 6.07 Å². The summed E-state index contributed by atoms with van der Waals surface area (Å²) >= 11 is 0. The van der Waals surface area contributed by atoms with Gasteiger partial charge < -0.3 is 4.98 Å². The Kier molecular flexibility index (Phi) is 2.35. The van der Waals surface area contributed by atoms with Crippen LogP contribution in [0, 0.1) is 18.2 Å². The second-order valence-corrected chi connectivity index (χ2v) is 3.92. The van der Waals surface area contributed by atoms with Gasteiger partial charge in [-0.05, 0) is 24.3 Å². The number of H-pyrrole nitrogens is 1. The lowest BCUT2D eigenvalue weighted by Crippen LogP contribution is -1.88. The lowest BCUT2D eigenvalue weighted by Gasteiger charge is -2.02. The molecule has 2 nitrogen and oxygen atoms in total. The first-order valence-corrected chi connectivity index (χ1v) is 5.49. The summed E-state index contributed by atoms with van der Waals surface area (Å²) in [6.45, 7) is 0. The predicted octanol–water partition coefficient (Wildman–Crippen LogP) is 3.35. The van der Waals surface area contributed by atoms with Crippen molar-refractivity contribution < 1.29 is 4.39 Å². The first-order chi connectivity index (χ1) is 8.79. The summed E-state index contributed by atoms with van der Waals surface area (Å²) in [5, 5.41) is 0.873. The molecule has 0 aliphatic heterocycles. The maximum Gasteiger partial charge on any atom is 0.139 e. The van der Waals surface area contributed by atoms with E-state index in [0.717, 1.165) is 10.9 Å². The van der Waals surface area contributed by atoms with Crippen molar-refractivity contribution >= 4 is 11.0 Å². The number of aromatic amines is 1. The highest BCUT2D eigenvalue weighted by molar-refractivity contribution is 5.85. The van der Waals surface area contributed by atoms with Crippen molar-refractivity contribution in [3.63, 3.8) is 0 Å². The van der Waals surface area contributed by atoms with Crippen molar-refractivity contribution in [2.45, 2.75) is 0 Å². The largest absolute Gasteiger partial charge is 0.345 e. The number of pyridine rings is 1. The minimum atomic E-state index is -0.284. The zero-order valence-electron chi connectivity index (χ0n) is 9.44. The van der Waals surface area contributed by atoms with Crippen LogP contribution in [0.1, 0.15) is 5.56 Å². The van der Waals surface area contributed by atoms with Crippen molar-refractivity contribution in [1.82, 2.24) is 9.97 Å². The van der Waals surface area contributed by atoms with Crippen molar-refractivity contribution in [2.75, 3.05) is 0 Å². The molecule has 0 saturated heterocycles. The van der Waals surface area contributed by atoms with Gasteiger partial charge in [0.2, 0.25) is 0 Å². The zero-order valence-corrected chi connectivity index (χ0v) is 9.44. The van der Waals surface area contributed by atoms with Crippen molar-refractivity contribution in [1.29, 1.82) is 0 Å². The predicted molar refractivity (Wildman–Crippen MR) is 69.4 cm³/mol. The number of hydrogen-bond donors (Lipinski definition) is 1. The molecule has 86 valence electrons. The SMILES string of the molecule is C#Cc1c[nH]c2nc(-c3ccccc3F)ccc12. The summed E-state index contributed by atoms with van der Waals surface area (Å²) < 4.78 is 13.7. The molecule has 0 radical (unpaired) electrons. The van der Waals surface area contributed by atoms with Crippen LogP contribution in [-0.4, -0.2) is 9.97 Å². The Labute approximate surface area is 103 Å². The molecule has 0 unspecified atom stereocenters. The van der Waals surface area contributed by atoms with Crippen LogP contribution in [0.4, 0.5) is 4.39 Å². The van der Waals surface area contributed by atoms with Crippen LogP contribution in [0.25, 0.3) is 22.3 Å². The Morgan fingerprint density at radius 1 is 1.17 bits per heavy atom. The monoisotopic (exact) mass is 236 g/mol. The molecule has 2 heterocycles. The van der Waals surface area contributed by atoms with Crippen LogP contribution in [0.5, 0.6) is 0 Å². The molecule has 0 aliphatic rings. The van der Waals surface area contributed by atoms with E-state index in [4.69, 9.17) is 6.42 Å². The number of fused-ring (bicyclic) bond motifs is 1. The summed E-state index contributed by atoms with van der Waals surface area (Å²) in [6.07, 6.45) is 7.10. The van der Waals surface area contributed by atoms with Gasteiger partial charge in [-0.3, -0.25) is 0 Å². The van der Waals surface area contributed by atoms with Gasteiger partial charge in [0, 0.05) is 17.1 Å². The standard InChI is InChI=1S/C15H9FN2/c1-2-10-9-17-15-11(10)7-8-14(18-15)12-5-3-4-6-13(12)16/h1,3-9H,(H,17,18). The molecule has 0 amide bonds. The molecule has 0 fully saturated rings. The molecule has 18 heavy (non-hydrogen) atoms. The molecule has 0 bridgehead atoms. The molecule has 3 aromatic rings. The Hall–Kier alpha value is -2.60. The van der Waals surface area contributed by atoms with Gasteiger partial charge in [0.1, 0.15) is 11.5 Å². The molecule has 3 heteroatoms. The van der Waals surface area contributed by atoms with Gasteiger partial charge in [-0.15, -0.1) is 6.42 Å². The zero-order chi connectivity index (χ0) is 12.5. The molecule has 0 spiro atoms. The lowest BCUT2D eigenvalue weighted by atomic mass is 10.1. The number of terminal acetylenes is 1. The van der Waals surface area contributed by atoms with Crippen molar-refractivity contribution in [3.8, 4) is 23.6 Å². The van der Waals surface area contributed by atoms with Crippen LogP contribution in [0.3, 0.4) is 0 Å². The van der Waals surface area contributed by atoms with Crippen molar-refractivity contribution in [3.05, 3.63) is 54.0 Å². The summed E-state index contributed by atoms with van der Waals surface area (Å²) in [4.78, 5) is 7.38. The molecule has 2 aromatic heterocycles. The van der Waals surface area contributed by atoms with Crippen LogP contribution < -0.4 is 0 Å². The topological polar surface area (TPSA) is 28.7 Å². The maximum atomic E-state index is 13.7. The number of benzene rings is 1. The normalized spacial score (nSPS) is 10.4. The van der Waals surface area contributed by atoms with Crippen LogP contribution in [0.2, 0.25) is 0 Å². The van der Waals surface area contributed by atoms with Gasteiger partial charge in [-0.1, -0.05) is 18.1 Å². The van der Waals surface area contributed by atoms with Crippen LogP contribution >= 0.6 is 0 Å². The number of aromatic nitrogens is 2. The minimum absolute atomic E-state index is 0.284. The molecule has 0 atom stereocenters. The Bertz CT molecular complexity index is 766. The quantitative estimate of drug-likeness (QED) is 0.645. The average Bonchev–Trinajstić information content (AvgIpc) is 2.81. The first-order valence-electron chi connectivity index (χ1n) is 5.49. The smallest absolute Gasteiger partial charge is 0.139 e. The van der Waals surface area contributed by atoms with Crippen molar-refractivity contribution in [2.24, 2.45) is 0 Å². The summed E-state index contributed by atoms with van der Waals surface area (Å²) in [5.74, 6) is 2.29. The summed E-state index contributed by atoms with van der Waals surface area (Å²) in [5.41, 5.74) is 2.50. The number of hydrogen-bond acceptors (Lipinski definition) is 1. The molecule has 3 rings (SSSR count). The van der Waals surface area contributed by atoms with Gasteiger partial charge in [0.05, 0.1) is 11.3 Å². The molecule has 1 aromatic carbocycles. The molecule has 0 saturated carbocycles. The van der Waals surface area contributed by atoms with Gasteiger partial charge in [0.25, 0.3) is 0 Å². The number of nitrogens with one attached hydrogen (secondary N) is 1. The van der Waals surface area contributed by atoms with E-state index in [1.54, 1.807) is 30.5 Å². The first kappa shape index (κ1) is 10.5. The molecular formula is C15H9FN2. The second-order valence-electron chi connectivity index (χ2n) is 3.92. The third kappa shape index (κ3) is 1.56. The van der Waals surface area contributed by atoms with Gasteiger partial charge >= 0.3 is 0 Å². The third-order valence-electron chi connectivity index (χ3n) is 2.84. The summed E-state index contributed by atoms with van der Waals surface area (Å²) in [6, 6.07) is 10.2. The maximum absolute atomic E-state index is 13.7. The van der Waals surface area contributed by atoms with E-state index in [0.29, 0.717) is 16.9 Å². The number of halogens is 1. The fourth-order valence-electron chi connectivity index (χ4n) is 1.94. The molecular weight excluding hydrogens is 227 g/mol. The Balaban J connectivity index is 2.21. The van der Waals surface area contributed by atoms with Crippen LogP contribution in [-0.2, 0) is 0 Å². The highest BCUT2D eigenvalue weighted by Gasteiger charge is 2.08. The number of rotatable bonds is 1. The van der Waals surface area contributed by atoms with E-state index in [2.05, 4.69) is 15.9 Å². The van der Waals surface area contributed by atoms with Gasteiger partial charge in [0.15, 0.2) is 0 Å². The molecule has 0 aliphatic carbocycles. The second kappa shape index (κ2) is 4.01. The fourth-order valence-corrected chi connectivity index (χ4v) is 1.94. The van der Waals surface area contributed by atoms with E-state index in [1.165, 1.54) is 6.07 Å². The highest BCUT2D eigenvalue weighted by atomic mass is 19.1. The minimum Gasteiger partial charge on any atom is -0.345 e. The third-order valence-corrected chi connectivity index (χ3v) is 2.84. The van der Waals surface area contributed by atoms with E-state index >= 15 is 0 Å². The van der Waals surface area contributed by atoms with E-state index in [9.17, 15) is 4.39 Å². The van der Waals surface area contributed by atoms with Gasteiger partial charge in [-0.2, -0.15) is 0 Å². The average molecular weight is 236 g/mol. The lowest BCUT2D eigenvalue weighted by molar-refractivity contribution is 0.631. The summed E-state index contributed by atoms with van der Waals surface area (Å²) in [7, 11) is 0. The molecule has 1 N–H and O–H groups in total. The highest BCUT2D eigenvalue weighted by Crippen LogP contribution is 2.24. The number of nitrogens with zero attached hydrogens (tertiary/aromatic N) is 1. The Morgan fingerprint density at radius 3 is 2.78 bits per heavy atom. The van der Waals surface area contributed by atoms with Crippen LogP contribution in [0.15, 0.2) is 42.6 Å². The fraction of sp³-hybridized carbons (Fsp3) is 0. The van der Waals surface area contributed by atoms with E-state index < -0.39 is 0 Å². The van der Waals surface area contributed by atoms with E-state index in [-0.39, 0.29) is 5.82 Å². The van der Waals surface area contributed by atoms with Gasteiger partial charge in [-0.25, -0.2) is 9.37 Å². The Morgan fingerprint density at radius 2 is 2.00 bits per heavy atom.